The maximum atomic E-state index is 12.1. The molecule has 0 aliphatic rings. The summed E-state index contributed by atoms with van der Waals surface area (Å²) in [5.41, 5.74) is 1.25. The first-order chi connectivity index (χ1) is 10.6. The normalized spacial score (nSPS) is 9.95. The first-order valence-electron chi connectivity index (χ1n) is 6.64. The lowest BCUT2D eigenvalue weighted by Crippen LogP contribution is -2.22. The Morgan fingerprint density at radius 1 is 1.09 bits per heavy atom. The Morgan fingerprint density at radius 2 is 1.86 bits per heavy atom. The molecule has 0 fully saturated rings. The van der Waals surface area contributed by atoms with Crippen LogP contribution in [0.3, 0.4) is 0 Å². The van der Waals surface area contributed by atoms with Gasteiger partial charge in [-0.25, -0.2) is 0 Å². The molecule has 0 aromatic heterocycles. The van der Waals surface area contributed by atoms with Crippen molar-refractivity contribution in [3.63, 3.8) is 0 Å². The fourth-order valence-corrected chi connectivity index (χ4v) is 2.09. The molecule has 5 nitrogen and oxygen atoms in total. The molecule has 0 saturated heterocycles. The van der Waals surface area contributed by atoms with Crippen LogP contribution in [0.1, 0.15) is 0 Å². The molecule has 0 heterocycles. The molecule has 6 heteroatoms. The van der Waals surface area contributed by atoms with Gasteiger partial charge in [-0.2, -0.15) is 0 Å². The molecule has 0 spiro atoms. The van der Waals surface area contributed by atoms with Crippen LogP contribution in [-0.2, 0) is 4.79 Å². The number of carbonyl (C=O) groups is 1. The van der Waals surface area contributed by atoms with Crippen molar-refractivity contribution in [3.8, 4) is 11.5 Å². The summed E-state index contributed by atoms with van der Waals surface area (Å²) in [5.74, 6) is 0.980. The van der Waals surface area contributed by atoms with Gasteiger partial charge < -0.3 is 20.1 Å². The number of carbonyl (C=O) groups excluding carboxylic acids is 1. The quantitative estimate of drug-likeness (QED) is 0.856. The Morgan fingerprint density at radius 3 is 2.55 bits per heavy atom. The van der Waals surface area contributed by atoms with Crippen molar-refractivity contribution in [1.29, 1.82) is 0 Å². The number of ether oxygens (including phenoxy) is 2. The van der Waals surface area contributed by atoms with Crippen LogP contribution in [0.4, 0.5) is 11.4 Å². The second-order valence-corrected chi connectivity index (χ2v) is 4.85. The van der Waals surface area contributed by atoms with Gasteiger partial charge in [0.2, 0.25) is 5.91 Å². The Bertz CT molecular complexity index is 662. The molecule has 2 rings (SSSR count). The molecule has 0 aliphatic carbocycles. The number of halogens is 1. The summed E-state index contributed by atoms with van der Waals surface area (Å²) in [6, 6.07) is 12.4. The van der Waals surface area contributed by atoms with E-state index in [1.54, 1.807) is 38.5 Å². The van der Waals surface area contributed by atoms with Crippen LogP contribution < -0.4 is 20.1 Å². The minimum Gasteiger partial charge on any atom is -0.497 e. The van der Waals surface area contributed by atoms with Crippen molar-refractivity contribution < 1.29 is 14.3 Å². The van der Waals surface area contributed by atoms with Crippen molar-refractivity contribution in [2.75, 3.05) is 31.4 Å². The first kappa shape index (κ1) is 16.0. The summed E-state index contributed by atoms with van der Waals surface area (Å²) < 4.78 is 10.4. The van der Waals surface area contributed by atoms with Crippen LogP contribution >= 0.6 is 11.6 Å². The lowest BCUT2D eigenvalue weighted by Gasteiger charge is -2.12. The van der Waals surface area contributed by atoms with Gasteiger partial charge in [0, 0.05) is 6.07 Å². The number of rotatable bonds is 6. The van der Waals surface area contributed by atoms with Crippen LogP contribution in [0.25, 0.3) is 0 Å². The lowest BCUT2D eigenvalue weighted by molar-refractivity contribution is -0.114. The average Bonchev–Trinajstić information content (AvgIpc) is 2.54. The van der Waals surface area contributed by atoms with E-state index in [9.17, 15) is 4.79 Å². The minimum absolute atomic E-state index is 0.0874. The van der Waals surface area contributed by atoms with Crippen LogP contribution in [0.2, 0.25) is 5.02 Å². The molecule has 22 heavy (non-hydrogen) atoms. The van der Waals surface area contributed by atoms with Gasteiger partial charge in [0.15, 0.2) is 0 Å². The van der Waals surface area contributed by atoms with E-state index in [4.69, 9.17) is 21.1 Å². The van der Waals surface area contributed by atoms with Crippen molar-refractivity contribution in [2.24, 2.45) is 0 Å². The van der Waals surface area contributed by atoms with Crippen molar-refractivity contribution in [2.45, 2.75) is 0 Å². The SMILES string of the molecule is COc1ccc(OC)c(NC(=O)CNc2ccccc2Cl)c1. The third kappa shape index (κ3) is 4.05. The highest BCUT2D eigenvalue weighted by atomic mass is 35.5. The van der Waals surface area contributed by atoms with Crippen molar-refractivity contribution in [3.05, 3.63) is 47.5 Å². The molecule has 0 saturated carbocycles. The molecule has 2 aromatic rings. The molecule has 116 valence electrons. The molecule has 0 radical (unpaired) electrons. The smallest absolute Gasteiger partial charge is 0.243 e. The van der Waals surface area contributed by atoms with Gasteiger partial charge in [-0.1, -0.05) is 23.7 Å². The largest absolute Gasteiger partial charge is 0.497 e. The molecular weight excluding hydrogens is 304 g/mol. The second kappa shape index (κ2) is 7.56. The van der Waals surface area contributed by atoms with Crippen molar-refractivity contribution in [1.82, 2.24) is 0 Å². The first-order valence-corrected chi connectivity index (χ1v) is 7.02. The highest BCUT2D eigenvalue weighted by molar-refractivity contribution is 6.33. The average molecular weight is 321 g/mol. The zero-order chi connectivity index (χ0) is 15.9. The monoisotopic (exact) mass is 320 g/mol. The van der Waals surface area contributed by atoms with Gasteiger partial charge in [-0.15, -0.1) is 0 Å². The van der Waals surface area contributed by atoms with Gasteiger partial charge >= 0.3 is 0 Å². The Labute approximate surface area is 134 Å². The Kier molecular flexibility index (Phi) is 5.49. The third-order valence-corrected chi connectivity index (χ3v) is 3.32. The molecule has 2 aromatic carbocycles. The molecular formula is C16H17ClN2O3. The fraction of sp³-hybridized carbons (Fsp3) is 0.188. The van der Waals surface area contributed by atoms with Crippen LogP contribution in [0.15, 0.2) is 42.5 Å². The summed E-state index contributed by atoms with van der Waals surface area (Å²) in [7, 11) is 3.10. The predicted molar refractivity (Wildman–Crippen MR) is 88.1 cm³/mol. The highest BCUT2D eigenvalue weighted by Crippen LogP contribution is 2.28. The van der Waals surface area contributed by atoms with Gasteiger partial charge in [-0.05, 0) is 24.3 Å². The van der Waals surface area contributed by atoms with Gasteiger partial charge in [0.25, 0.3) is 0 Å². The number of methoxy groups -OCH3 is 2. The van der Waals surface area contributed by atoms with E-state index in [2.05, 4.69) is 10.6 Å². The molecule has 0 aliphatic heterocycles. The predicted octanol–water partition coefficient (Wildman–Crippen LogP) is 3.41. The van der Waals surface area contributed by atoms with E-state index < -0.39 is 0 Å². The Hall–Kier alpha value is -2.40. The number of nitrogens with one attached hydrogen (secondary N) is 2. The van der Waals surface area contributed by atoms with E-state index in [0.717, 1.165) is 0 Å². The molecule has 0 unspecified atom stereocenters. The number of hydrogen-bond donors (Lipinski definition) is 2. The summed E-state index contributed by atoms with van der Waals surface area (Å²) in [6.45, 7) is 0.0874. The number of para-hydroxylation sites is 1. The van der Waals surface area contributed by atoms with Crippen LogP contribution in [-0.4, -0.2) is 26.7 Å². The molecule has 0 atom stereocenters. The minimum atomic E-state index is -0.216. The summed E-state index contributed by atoms with van der Waals surface area (Å²) in [5, 5.41) is 6.32. The summed E-state index contributed by atoms with van der Waals surface area (Å²) in [6.07, 6.45) is 0. The lowest BCUT2D eigenvalue weighted by atomic mass is 10.2. The fourth-order valence-electron chi connectivity index (χ4n) is 1.89. The van der Waals surface area contributed by atoms with E-state index in [1.165, 1.54) is 0 Å². The zero-order valence-electron chi connectivity index (χ0n) is 12.4. The van der Waals surface area contributed by atoms with Gasteiger partial charge in [0.1, 0.15) is 11.5 Å². The summed E-state index contributed by atoms with van der Waals surface area (Å²) >= 11 is 6.02. The topological polar surface area (TPSA) is 59.6 Å². The maximum Gasteiger partial charge on any atom is 0.243 e. The second-order valence-electron chi connectivity index (χ2n) is 4.45. The highest BCUT2D eigenvalue weighted by Gasteiger charge is 2.09. The number of benzene rings is 2. The standard InChI is InChI=1S/C16H17ClN2O3/c1-21-11-7-8-15(22-2)14(9-11)19-16(20)10-18-13-6-4-3-5-12(13)17/h3-9,18H,10H2,1-2H3,(H,19,20). The molecule has 0 bridgehead atoms. The van der Waals surface area contributed by atoms with Crippen LogP contribution in [0, 0.1) is 0 Å². The van der Waals surface area contributed by atoms with Crippen LogP contribution in [0.5, 0.6) is 11.5 Å². The molecule has 2 N–H and O–H groups in total. The third-order valence-electron chi connectivity index (χ3n) is 2.99. The number of amides is 1. The van der Waals surface area contributed by atoms with E-state index in [0.29, 0.717) is 27.9 Å². The maximum absolute atomic E-state index is 12.1. The number of anilines is 2. The van der Waals surface area contributed by atoms with E-state index in [1.807, 2.05) is 18.2 Å². The Balaban J connectivity index is 2.01. The van der Waals surface area contributed by atoms with E-state index in [-0.39, 0.29) is 12.5 Å². The zero-order valence-corrected chi connectivity index (χ0v) is 13.1. The van der Waals surface area contributed by atoms with Gasteiger partial charge in [-0.3, -0.25) is 4.79 Å². The van der Waals surface area contributed by atoms with Gasteiger partial charge in [0.05, 0.1) is 37.2 Å². The molecule has 1 amide bonds. The van der Waals surface area contributed by atoms with Crippen molar-refractivity contribution >= 4 is 28.9 Å². The van der Waals surface area contributed by atoms with E-state index >= 15 is 0 Å². The summed E-state index contributed by atoms with van der Waals surface area (Å²) in [4.78, 5) is 12.1. The number of hydrogen-bond acceptors (Lipinski definition) is 4.